The molecule has 182 valence electrons. The maximum absolute atomic E-state index is 13.0. The minimum Gasteiger partial charge on any atom is -0.479 e. The predicted molar refractivity (Wildman–Crippen MR) is 133 cm³/mol. The summed E-state index contributed by atoms with van der Waals surface area (Å²) in [6.45, 7) is 1.80. The number of oxime groups is 1. The molecule has 0 bridgehead atoms. The van der Waals surface area contributed by atoms with E-state index in [1.807, 2.05) is 23.6 Å². The second kappa shape index (κ2) is 10.5. The third-order valence-electron chi connectivity index (χ3n) is 4.83. The van der Waals surface area contributed by atoms with Gasteiger partial charge < -0.3 is 21.0 Å². The highest BCUT2D eigenvalue weighted by Gasteiger charge is 2.68. The van der Waals surface area contributed by atoms with Crippen LogP contribution in [0.1, 0.15) is 18.3 Å². The Kier molecular flexibility index (Phi) is 7.37. The van der Waals surface area contributed by atoms with E-state index in [0.717, 1.165) is 22.0 Å². The van der Waals surface area contributed by atoms with E-state index >= 15 is 0 Å². The van der Waals surface area contributed by atoms with E-state index in [2.05, 4.69) is 24.8 Å². The average Bonchev–Trinajstić information content (AvgIpc) is 3.28. The molecule has 0 aliphatic carbocycles. The second-order valence-electron chi connectivity index (χ2n) is 7.06. The molecule has 2 aromatic heterocycles. The van der Waals surface area contributed by atoms with Gasteiger partial charge in [0.2, 0.25) is 17.1 Å². The molecule has 2 amide bonds. The molecule has 1 saturated heterocycles. The number of β-lactam (4-membered cyclic amide) rings is 1. The number of thioether (sulfide) groups is 2. The summed E-state index contributed by atoms with van der Waals surface area (Å²) >= 11 is 3.48. The zero-order chi connectivity index (χ0) is 25.0. The van der Waals surface area contributed by atoms with Crippen molar-refractivity contribution >= 4 is 69.8 Å². The zero-order valence-electron chi connectivity index (χ0n) is 18.2. The third kappa shape index (κ3) is 4.87. The molecule has 2 aromatic rings. The summed E-state index contributed by atoms with van der Waals surface area (Å²) in [5.74, 6) is -2.89. The van der Waals surface area contributed by atoms with Gasteiger partial charge in [-0.05, 0) is 30.0 Å². The van der Waals surface area contributed by atoms with E-state index in [4.69, 9.17) is 10.6 Å². The van der Waals surface area contributed by atoms with Crippen molar-refractivity contribution in [2.45, 2.75) is 17.8 Å². The molecule has 0 spiro atoms. The van der Waals surface area contributed by atoms with Crippen LogP contribution in [-0.2, 0) is 19.2 Å². The number of nitrogens with one attached hydrogen (secondary N) is 1. The van der Waals surface area contributed by atoms with Gasteiger partial charge in [-0.3, -0.25) is 19.5 Å². The number of aromatic nitrogens is 3. The Hall–Kier alpha value is -3.43. The fraction of sp³-hybridized carbons (Fsp3) is 0.250. The number of nitrogens with zero attached hydrogens (tertiary/aromatic N) is 5. The van der Waals surface area contributed by atoms with Crippen molar-refractivity contribution in [1.29, 1.82) is 0 Å². The largest absolute Gasteiger partial charge is 0.479 e. The SMILES string of the molecule is CCON=C(C(=O)NC1(C(=O)O)C(=O)N2C=C(S/C=C\c3cccnc3)CS[C@H]21)c1nsc(N)n1. The van der Waals surface area contributed by atoms with Crippen LogP contribution in [-0.4, -0.2) is 71.1 Å². The topological polar surface area (TPSA) is 173 Å². The average molecular weight is 534 g/mol. The van der Waals surface area contributed by atoms with Gasteiger partial charge in [-0.15, -0.1) is 23.5 Å². The fourth-order valence-electron chi connectivity index (χ4n) is 3.23. The minimum absolute atomic E-state index is 0.0893. The summed E-state index contributed by atoms with van der Waals surface area (Å²) in [7, 11) is 0. The molecule has 2 aliphatic rings. The number of carboxylic acids is 1. The van der Waals surface area contributed by atoms with Crippen LogP contribution in [0.3, 0.4) is 0 Å². The highest BCUT2D eigenvalue weighted by molar-refractivity contribution is 8.08. The summed E-state index contributed by atoms with van der Waals surface area (Å²) in [5.41, 5.74) is 3.97. The van der Waals surface area contributed by atoms with Crippen LogP contribution < -0.4 is 11.1 Å². The van der Waals surface area contributed by atoms with E-state index in [-0.39, 0.29) is 23.3 Å². The van der Waals surface area contributed by atoms with Gasteiger partial charge in [0.15, 0.2) is 5.13 Å². The summed E-state index contributed by atoms with van der Waals surface area (Å²) < 4.78 is 3.93. The number of rotatable bonds is 9. The number of anilines is 1. The second-order valence-corrected chi connectivity index (χ2v) is 9.94. The molecule has 4 rings (SSSR count). The molecule has 0 saturated carbocycles. The number of amides is 2. The van der Waals surface area contributed by atoms with Crippen LogP contribution in [0.4, 0.5) is 5.13 Å². The molecule has 4 N–H and O–H groups in total. The molecule has 35 heavy (non-hydrogen) atoms. The highest BCUT2D eigenvalue weighted by atomic mass is 32.2. The number of pyridine rings is 1. The molecular formula is C20H19N7O5S3. The normalized spacial score (nSPS) is 21.8. The summed E-state index contributed by atoms with van der Waals surface area (Å²) in [6, 6.07) is 3.73. The molecule has 2 atom stereocenters. The molecule has 0 aromatic carbocycles. The number of nitrogen functional groups attached to an aromatic ring is 1. The lowest BCUT2D eigenvalue weighted by molar-refractivity contribution is -0.169. The predicted octanol–water partition coefficient (Wildman–Crippen LogP) is 1.36. The molecular weight excluding hydrogens is 514 g/mol. The number of hydrogen-bond acceptors (Lipinski definition) is 12. The Morgan fingerprint density at radius 1 is 1.51 bits per heavy atom. The molecule has 12 nitrogen and oxygen atoms in total. The van der Waals surface area contributed by atoms with Gasteiger partial charge in [0.25, 0.3) is 11.8 Å². The first-order chi connectivity index (χ1) is 16.9. The first kappa shape index (κ1) is 24.7. The first-order valence-electron chi connectivity index (χ1n) is 10.1. The Morgan fingerprint density at radius 3 is 3.00 bits per heavy atom. The summed E-state index contributed by atoms with van der Waals surface area (Å²) in [5, 5.41) is 17.1. The van der Waals surface area contributed by atoms with E-state index in [1.165, 1.54) is 28.4 Å². The number of carboxylic acid groups (broad SMARTS) is 1. The van der Waals surface area contributed by atoms with Gasteiger partial charge in [-0.25, -0.2) is 4.79 Å². The molecule has 4 heterocycles. The lowest BCUT2D eigenvalue weighted by Crippen LogP contribution is -2.82. The van der Waals surface area contributed by atoms with Crippen molar-refractivity contribution in [3.63, 3.8) is 0 Å². The molecule has 0 radical (unpaired) electrons. The number of aliphatic carboxylic acids is 1. The van der Waals surface area contributed by atoms with Crippen molar-refractivity contribution < 1.29 is 24.3 Å². The van der Waals surface area contributed by atoms with Crippen LogP contribution in [0.15, 0.2) is 46.2 Å². The van der Waals surface area contributed by atoms with Gasteiger partial charge >= 0.3 is 5.97 Å². The van der Waals surface area contributed by atoms with E-state index in [9.17, 15) is 19.5 Å². The third-order valence-corrected chi connectivity index (χ3v) is 7.75. The quantitative estimate of drug-likeness (QED) is 0.184. The van der Waals surface area contributed by atoms with Crippen molar-refractivity contribution in [3.8, 4) is 0 Å². The van der Waals surface area contributed by atoms with Crippen molar-refractivity contribution in [2.75, 3.05) is 18.1 Å². The smallest absolute Gasteiger partial charge is 0.342 e. The number of hydrogen-bond donors (Lipinski definition) is 3. The van der Waals surface area contributed by atoms with E-state index in [1.54, 1.807) is 25.5 Å². The summed E-state index contributed by atoms with van der Waals surface area (Å²) in [4.78, 5) is 53.4. The maximum atomic E-state index is 13.0. The van der Waals surface area contributed by atoms with Gasteiger partial charge in [-0.1, -0.05) is 11.2 Å². The zero-order valence-corrected chi connectivity index (χ0v) is 20.6. The van der Waals surface area contributed by atoms with Crippen LogP contribution in [0, 0.1) is 0 Å². The molecule has 1 fully saturated rings. The number of nitrogens with two attached hydrogens (primary N) is 1. The molecule has 1 unspecified atom stereocenters. The van der Waals surface area contributed by atoms with E-state index in [0.29, 0.717) is 5.75 Å². The number of carbonyl (C=O) groups excluding carboxylic acids is 2. The van der Waals surface area contributed by atoms with Gasteiger partial charge in [0.05, 0.1) is 0 Å². The fourth-order valence-corrected chi connectivity index (χ4v) is 5.94. The van der Waals surface area contributed by atoms with Gasteiger partial charge in [0, 0.05) is 40.8 Å². The van der Waals surface area contributed by atoms with Crippen molar-refractivity contribution in [3.05, 3.63) is 52.4 Å². The summed E-state index contributed by atoms with van der Waals surface area (Å²) in [6.07, 6.45) is 6.89. The number of fused-ring (bicyclic) bond motifs is 1. The van der Waals surface area contributed by atoms with E-state index < -0.39 is 28.7 Å². The first-order valence-corrected chi connectivity index (χ1v) is 12.8. The van der Waals surface area contributed by atoms with Gasteiger partial charge in [-0.2, -0.15) is 9.36 Å². The van der Waals surface area contributed by atoms with Gasteiger partial charge in [0.1, 0.15) is 12.0 Å². The highest BCUT2D eigenvalue weighted by Crippen LogP contribution is 2.45. The maximum Gasteiger partial charge on any atom is 0.342 e. The monoisotopic (exact) mass is 533 g/mol. The lowest BCUT2D eigenvalue weighted by atomic mass is 9.87. The van der Waals surface area contributed by atoms with Crippen molar-refractivity contribution in [2.24, 2.45) is 5.16 Å². The van der Waals surface area contributed by atoms with Crippen LogP contribution >= 0.6 is 35.1 Å². The molecule has 2 aliphatic heterocycles. The van der Waals surface area contributed by atoms with Crippen molar-refractivity contribution in [1.82, 2.24) is 24.6 Å². The Labute approximate surface area is 211 Å². The number of carbonyl (C=O) groups is 3. The van der Waals surface area contributed by atoms with Crippen LogP contribution in [0.5, 0.6) is 0 Å². The van der Waals surface area contributed by atoms with Crippen LogP contribution in [0.25, 0.3) is 6.08 Å². The Bertz CT molecular complexity index is 1230. The van der Waals surface area contributed by atoms with Crippen LogP contribution in [0.2, 0.25) is 0 Å². The standard InChI is InChI=1S/C20H19N7O5S3/c1-2-32-25-13(14-23-19(21)35-26-14)15(28)24-20(18(30)31)16(29)27-9-12(10-34-17(20)27)33-7-5-11-4-3-6-22-8-11/h3-9,17H,2,10H2,1H3,(H,24,28)(H,30,31)(H2,21,23,26)/b7-5-,25-13?/t17-,20?/m0/s1. The Morgan fingerprint density at radius 2 is 2.34 bits per heavy atom. The minimum atomic E-state index is -2.17. The Balaban J connectivity index is 1.51. The lowest BCUT2D eigenvalue weighted by Gasteiger charge is -2.53. The molecule has 15 heteroatoms.